The predicted molar refractivity (Wildman–Crippen MR) is 74.1 cm³/mol. The van der Waals surface area contributed by atoms with Gasteiger partial charge in [0.15, 0.2) is 0 Å². The van der Waals surface area contributed by atoms with Crippen molar-refractivity contribution in [2.45, 2.75) is 25.2 Å². The number of rotatable bonds is 2. The van der Waals surface area contributed by atoms with Gasteiger partial charge in [0, 0.05) is 25.2 Å². The molecule has 4 rings (SSSR count). The van der Waals surface area contributed by atoms with Gasteiger partial charge in [-0.15, -0.1) is 0 Å². The number of nitrogens with zero attached hydrogens (tertiary/aromatic N) is 4. The third-order valence-corrected chi connectivity index (χ3v) is 4.61. The molecule has 3 heterocycles. The number of fused-ring (bicyclic) bond motifs is 3. The van der Waals surface area contributed by atoms with E-state index >= 15 is 0 Å². The Morgan fingerprint density at radius 2 is 2.21 bits per heavy atom. The zero-order valence-electron chi connectivity index (χ0n) is 11.0. The summed E-state index contributed by atoms with van der Waals surface area (Å²) in [5, 5.41) is 9.32. The van der Waals surface area contributed by atoms with Crippen molar-refractivity contribution < 1.29 is 5.11 Å². The Balaban J connectivity index is 1.78. The van der Waals surface area contributed by atoms with Crippen molar-refractivity contribution in [3.8, 4) is 0 Å². The van der Waals surface area contributed by atoms with E-state index in [4.69, 9.17) is 0 Å². The summed E-state index contributed by atoms with van der Waals surface area (Å²) in [7, 11) is 2.21. The Morgan fingerprint density at radius 3 is 2.89 bits per heavy atom. The van der Waals surface area contributed by atoms with Crippen LogP contribution in [0.2, 0.25) is 0 Å². The monoisotopic (exact) mass is 258 g/mol. The molecule has 2 aliphatic rings. The Hall–Kier alpha value is -1.59. The third kappa shape index (κ3) is 1.52. The molecule has 2 saturated heterocycles. The first kappa shape index (κ1) is 11.3. The van der Waals surface area contributed by atoms with Crippen LogP contribution in [0.3, 0.4) is 0 Å². The summed E-state index contributed by atoms with van der Waals surface area (Å²) < 4.78 is 1.78. The van der Waals surface area contributed by atoms with Gasteiger partial charge in [-0.25, -0.2) is 4.98 Å². The van der Waals surface area contributed by atoms with Crippen LogP contribution in [0.25, 0.3) is 11.0 Å². The highest BCUT2D eigenvalue weighted by molar-refractivity contribution is 5.89. The highest BCUT2D eigenvalue weighted by Gasteiger charge is 2.42. The molecule has 1 N–H and O–H groups in total. The highest BCUT2D eigenvalue weighted by Crippen LogP contribution is 2.36. The van der Waals surface area contributed by atoms with Crippen LogP contribution in [0, 0.1) is 0 Å². The van der Waals surface area contributed by atoms with E-state index in [1.807, 2.05) is 6.07 Å². The molecule has 100 valence electrons. The number of benzene rings is 1. The Bertz CT molecular complexity index is 621. The van der Waals surface area contributed by atoms with E-state index in [1.165, 1.54) is 12.1 Å². The van der Waals surface area contributed by atoms with Gasteiger partial charge in [0.25, 0.3) is 0 Å². The van der Waals surface area contributed by atoms with E-state index in [-0.39, 0.29) is 6.73 Å². The van der Waals surface area contributed by atoms with E-state index in [9.17, 15) is 5.11 Å². The number of hydrogen-bond acceptors (Lipinski definition) is 4. The summed E-state index contributed by atoms with van der Waals surface area (Å²) in [5.41, 5.74) is 3.23. The molecule has 1 aromatic heterocycles. The topological polar surface area (TPSA) is 44.5 Å². The molecule has 0 aliphatic carbocycles. The largest absolute Gasteiger partial charge is 0.376 e. The van der Waals surface area contributed by atoms with Gasteiger partial charge in [0.2, 0.25) is 0 Å². The van der Waals surface area contributed by atoms with Crippen LogP contribution in [-0.2, 0) is 6.73 Å². The lowest BCUT2D eigenvalue weighted by molar-refractivity contribution is 0.215. The summed E-state index contributed by atoms with van der Waals surface area (Å²) in [6.07, 6.45) is 2.97. The number of aromatic nitrogens is 2. The minimum Gasteiger partial charge on any atom is -0.376 e. The molecule has 19 heavy (non-hydrogen) atoms. The Labute approximate surface area is 112 Å². The van der Waals surface area contributed by atoms with Crippen molar-refractivity contribution in [3.05, 3.63) is 24.5 Å². The predicted octanol–water partition coefficient (Wildman–Crippen LogP) is 0.879. The average molecular weight is 258 g/mol. The van der Waals surface area contributed by atoms with Crippen LogP contribution in [0.5, 0.6) is 0 Å². The fourth-order valence-corrected chi connectivity index (χ4v) is 3.58. The number of aliphatic hydroxyl groups is 1. The van der Waals surface area contributed by atoms with Gasteiger partial charge in [-0.2, -0.15) is 0 Å². The fourth-order valence-electron chi connectivity index (χ4n) is 3.58. The van der Waals surface area contributed by atoms with Crippen molar-refractivity contribution in [1.82, 2.24) is 14.5 Å². The first-order valence-corrected chi connectivity index (χ1v) is 6.79. The Morgan fingerprint density at radius 1 is 1.32 bits per heavy atom. The first-order chi connectivity index (χ1) is 9.28. The summed E-state index contributed by atoms with van der Waals surface area (Å²) in [6.45, 7) is 2.21. The Kier molecular flexibility index (Phi) is 2.34. The van der Waals surface area contributed by atoms with Gasteiger partial charge in [0.1, 0.15) is 12.2 Å². The average Bonchev–Trinajstić information content (AvgIpc) is 3.09. The highest BCUT2D eigenvalue weighted by atomic mass is 16.3. The number of likely N-dealkylation sites (N-methyl/N-ethyl adjacent to an activating group) is 1. The second kappa shape index (κ2) is 3.95. The lowest BCUT2D eigenvalue weighted by Gasteiger charge is -2.33. The molecular weight excluding hydrogens is 240 g/mol. The van der Waals surface area contributed by atoms with Crippen LogP contribution in [0.4, 0.5) is 5.69 Å². The zero-order valence-corrected chi connectivity index (χ0v) is 11.0. The maximum absolute atomic E-state index is 9.32. The summed E-state index contributed by atoms with van der Waals surface area (Å²) in [6, 6.07) is 7.52. The maximum atomic E-state index is 9.32. The van der Waals surface area contributed by atoms with Gasteiger partial charge in [-0.05, 0) is 25.6 Å². The lowest BCUT2D eigenvalue weighted by atomic mass is 10.2. The van der Waals surface area contributed by atoms with E-state index in [2.05, 4.69) is 34.0 Å². The minimum absolute atomic E-state index is 0.0191. The van der Waals surface area contributed by atoms with E-state index in [1.54, 1.807) is 10.9 Å². The number of piperazine rings is 1. The third-order valence-electron chi connectivity index (χ3n) is 4.61. The van der Waals surface area contributed by atoms with Gasteiger partial charge < -0.3 is 14.6 Å². The quantitative estimate of drug-likeness (QED) is 0.868. The number of para-hydroxylation sites is 1. The van der Waals surface area contributed by atoms with Crippen molar-refractivity contribution in [2.24, 2.45) is 0 Å². The summed E-state index contributed by atoms with van der Waals surface area (Å²) >= 11 is 0. The van der Waals surface area contributed by atoms with Crippen molar-refractivity contribution >= 4 is 16.7 Å². The molecule has 2 aromatic rings. The van der Waals surface area contributed by atoms with Crippen LogP contribution < -0.4 is 4.90 Å². The van der Waals surface area contributed by atoms with Gasteiger partial charge in [-0.1, -0.05) is 6.07 Å². The van der Waals surface area contributed by atoms with Crippen LogP contribution in [-0.4, -0.2) is 51.8 Å². The molecule has 2 bridgehead atoms. The molecular formula is C14H18N4O. The molecule has 5 heteroatoms. The van der Waals surface area contributed by atoms with Gasteiger partial charge in [-0.3, -0.25) is 4.90 Å². The molecule has 0 radical (unpaired) electrons. The molecule has 0 saturated carbocycles. The first-order valence-electron chi connectivity index (χ1n) is 6.79. The second-order valence-electron chi connectivity index (χ2n) is 5.64. The lowest BCUT2D eigenvalue weighted by Crippen LogP contribution is -2.44. The SMILES string of the molecule is CN1C[C@H]2C[C@@H]1CN2c1cccc2c1ncn2CO. The molecule has 0 spiro atoms. The zero-order chi connectivity index (χ0) is 13.0. The number of anilines is 1. The number of imidazole rings is 1. The molecule has 5 nitrogen and oxygen atoms in total. The normalized spacial score (nSPS) is 26.7. The van der Waals surface area contributed by atoms with Crippen molar-refractivity contribution in [3.63, 3.8) is 0 Å². The molecule has 0 amide bonds. The van der Waals surface area contributed by atoms with Crippen molar-refractivity contribution in [2.75, 3.05) is 25.0 Å². The summed E-state index contributed by atoms with van der Waals surface area (Å²) in [5.74, 6) is 0. The minimum atomic E-state index is -0.0191. The van der Waals surface area contributed by atoms with Gasteiger partial charge in [0.05, 0.1) is 17.5 Å². The molecule has 0 unspecified atom stereocenters. The fraction of sp³-hybridized carbons (Fsp3) is 0.500. The summed E-state index contributed by atoms with van der Waals surface area (Å²) in [4.78, 5) is 9.42. The molecule has 1 aromatic carbocycles. The van der Waals surface area contributed by atoms with Gasteiger partial charge >= 0.3 is 0 Å². The number of hydrogen-bond donors (Lipinski definition) is 1. The van der Waals surface area contributed by atoms with E-state index < -0.39 is 0 Å². The standard InChI is InChI=1S/C14H18N4O/c1-16-6-11-5-10(16)7-18(11)13-4-2-3-12-14(13)15-8-17(12)9-19/h2-4,8,10-11,19H,5-7,9H2,1H3/t10-,11-/m1/s1. The van der Waals surface area contributed by atoms with E-state index in [0.717, 1.165) is 24.1 Å². The molecule has 2 atom stereocenters. The smallest absolute Gasteiger partial charge is 0.121 e. The molecule has 2 aliphatic heterocycles. The van der Waals surface area contributed by atoms with Crippen LogP contribution in [0.15, 0.2) is 24.5 Å². The number of likely N-dealkylation sites (tertiary alicyclic amines) is 1. The van der Waals surface area contributed by atoms with Crippen molar-refractivity contribution in [1.29, 1.82) is 0 Å². The van der Waals surface area contributed by atoms with Crippen LogP contribution >= 0.6 is 0 Å². The maximum Gasteiger partial charge on any atom is 0.121 e. The second-order valence-corrected chi connectivity index (χ2v) is 5.64. The number of aliphatic hydroxyl groups excluding tert-OH is 1. The molecule has 2 fully saturated rings. The van der Waals surface area contributed by atoms with E-state index in [0.29, 0.717) is 12.1 Å². The van der Waals surface area contributed by atoms with Crippen LogP contribution in [0.1, 0.15) is 6.42 Å².